The highest BCUT2D eigenvalue weighted by Gasteiger charge is 2.12. The lowest BCUT2D eigenvalue weighted by Crippen LogP contribution is -1.98. The number of pyridine rings is 1. The molecule has 0 aliphatic rings. The van der Waals surface area contributed by atoms with Gasteiger partial charge in [-0.05, 0) is 30.3 Å². The van der Waals surface area contributed by atoms with Crippen molar-refractivity contribution in [3.63, 3.8) is 0 Å². The lowest BCUT2D eigenvalue weighted by Gasteiger charge is -2.11. The molecule has 0 saturated carbocycles. The third-order valence-electron chi connectivity index (χ3n) is 3.04. The van der Waals surface area contributed by atoms with E-state index in [2.05, 4.69) is 16.4 Å². The molecule has 0 radical (unpaired) electrons. The van der Waals surface area contributed by atoms with E-state index in [4.69, 9.17) is 4.74 Å². The van der Waals surface area contributed by atoms with Crippen molar-refractivity contribution in [1.82, 2.24) is 4.98 Å². The molecule has 106 valence electrons. The standard InChI is InChI=1S/C18H13N3O/c19-13-16-17(21-14-7-3-1-4-8-14)11-12-20-18(16)22-15-9-5-2-6-10-15/h1-12H,(H,20,21). The summed E-state index contributed by atoms with van der Waals surface area (Å²) in [6, 6.07) is 22.8. The van der Waals surface area contributed by atoms with Gasteiger partial charge in [0.2, 0.25) is 5.88 Å². The molecule has 0 bridgehead atoms. The zero-order valence-electron chi connectivity index (χ0n) is 11.7. The maximum atomic E-state index is 9.45. The number of nitriles is 1. The number of hydrogen-bond acceptors (Lipinski definition) is 4. The molecule has 1 aromatic heterocycles. The van der Waals surface area contributed by atoms with Gasteiger partial charge in [0.1, 0.15) is 17.4 Å². The Morgan fingerprint density at radius 1 is 0.909 bits per heavy atom. The van der Waals surface area contributed by atoms with E-state index in [0.717, 1.165) is 5.69 Å². The van der Waals surface area contributed by atoms with Crippen molar-refractivity contribution in [1.29, 1.82) is 5.26 Å². The van der Waals surface area contributed by atoms with Crippen molar-refractivity contribution in [3.05, 3.63) is 78.5 Å². The van der Waals surface area contributed by atoms with Crippen molar-refractivity contribution < 1.29 is 4.74 Å². The van der Waals surface area contributed by atoms with Gasteiger partial charge in [0.05, 0.1) is 5.69 Å². The topological polar surface area (TPSA) is 57.9 Å². The van der Waals surface area contributed by atoms with Crippen molar-refractivity contribution in [2.24, 2.45) is 0 Å². The maximum Gasteiger partial charge on any atom is 0.239 e. The molecule has 0 aliphatic heterocycles. The number of aromatic nitrogens is 1. The molecule has 0 aliphatic carbocycles. The molecule has 1 N–H and O–H groups in total. The second-order valence-corrected chi connectivity index (χ2v) is 4.56. The summed E-state index contributed by atoms with van der Waals surface area (Å²) in [5.41, 5.74) is 1.93. The van der Waals surface area contributed by atoms with Crippen LogP contribution in [0.1, 0.15) is 5.56 Å². The Kier molecular flexibility index (Phi) is 3.98. The number of hydrogen-bond donors (Lipinski definition) is 1. The molecule has 4 heteroatoms. The number of para-hydroxylation sites is 2. The number of rotatable bonds is 4. The highest BCUT2D eigenvalue weighted by atomic mass is 16.5. The first-order valence-corrected chi connectivity index (χ1v) is 6.81. The van der Waals surface area contributed by atoms with Crippen LogP contribution in [0.3, 0.4) is 0 Å². The molecule has 0 spiro atoms. The summed E-state index contributed by atoms with van der Waals surface area (Å²) in [5, 5.41) is 12.7. The Balaban J connectivity index is 1.92. The van der Waals surface area contributed by atoms with Crippen molar-refractivity contribution >= 4 is 11.4 Å². The van der Waals surface area contributed by atoms with Crippen LogP contribution in [-0.2, 0) is 0 Å². The van der Waals surface area contributed by atoms with E-state index in [1.54, 1.807) is 12.3 Å². The fourth-order valence-electron chi connectivity index (χ4n) is 2.01. The molecular formula is C18H13N3O. The summed E-state index contributed by atoms with van der Waals surface area (Å²) in [6.07, 6.45) is 1.62. The van der Waals surface area contributed by atoms with Gasteiger partial charge < -0.3 is 10.1 Å². The van der Waals surface area contributed by atoms with Crippen LogP contribution in [0.25, 0.3) is 0 Å². The molecule has 0 atom stereocenters. The molecule has 2 aromatic carbocycles. The zero-order chi connectivity index (χ0) is 15.2. The van der Waals surface area contributed by atoms with Crippen LogP contribution in [0.15, 0.2) is 72.9 Å². The molecule has 0 saturated heterocycles. The van der Waals surface area contributed by atoms with Crippen LogP contribution in [0.4, 0.5) is 11.4 Å². The molecule has 0 fully saturated rings. The molecule has 22 heavy (non-hydrogen) atoms. The zero-order valence-corrected chi connectivity index (χ0v) is 11.7. The van der Waals surface area contributed by atoms with Gasteiger partial charge in [0.15, 0.2) is 0 Å². The third-order valence-corrected chi connectivity index (χ3v) is 3.04. The van der Waals surface area contributed by atoms with Crippen molar-refractivity contribution in [3.8, 4) is 17.7 Å². The summed E-state index contributed by atoms with van der Waals surface area (Å²) >= 11 is 0. The molecule has 1 heterocycles. The second kappa shape index (κ2) is 6.42. The lowest BCUT2D eigenvalue weighted by atomic mass is 10.2. The predicted octanol–water partition coefficient (Wildman–Crippen LogP) is 4.49. The van der Waals surface area contributed by atoms with E-state index in [0.29, 0.717) is 17.0 Å². The van der Waals surface area contributed by atoms with E-state index < -0.39 is 0 Å². The molecular weight excluding hydrogens is 274 g/mol. The van der Waals surface area contributed by atoms with E-state index in [1.165, 1.54) is 0 Å². The second-order valence-electron chi connectivity index (χ2n) is 4.56. The fraction of sp³-hybridized carbons (Fsp3) is 0. The first kappa shape index (κ1) is 13.7. The van der Waals surface area contributed by atoms with Gasteiger partial charge in [0.25, 0.3) is 0 Å². The minimum Gasteiger partial charge on any atom is -0.438 e. The predicted molar refractivity (Wildman–Crippen MR) is 85.2 cm³/mol. The van der Waals surface area contributed by atoms with Gasteiger partial charge in [-0.3, -0.25) is 0 Å². The smallest absolute Gasteiger partial charge is 0.239 e. The van der Waals surface area contributed by atoms with Crippen LogP contribution in [0, 0.1) is 11.3 Å². The van der Waals surface area contributed by atoms with Crippen LogP contribution in [0.2, 0.25) is 0 Å². The molecule has 4 nitrogen and oxygen atoms in total. The summed E-state index contributed by atoms with van der Waals surface area (Å²) in [6.45, 7) is 0. The normalized spacial score (nSPS) is 9.77. The first-order chi connectivity index (χ1) is 10.9. The van der Waals surface area contributed by atoms with Gasteiger partial charge in [-0.2, -0.15) is 5.26 Å². The van der Waals surface area contributed by atoms with Gasteiger partial charge in [-0.15, -0.1) is 0 Å². The molecule has 0 unspecified atom stereocenters. The number of ether oxygens (including phenoxy) is 1. The quantitative estimate of drug-likeness (QED) is 0.768. The summed E-state index contributed by atoms with van der Waals surface area (Å²) in [5.74, 6) is 0.929. The van der Waals surface area contributed by atoms with E-state index in [-0.39, 0.29) is 5.88 Å². The van der Waals surface area contributed by atoms with Crippen LogP contribution >= 0.6 is 0 Å². The van der Waals surface area contributed by atoms with Gasteiger partial charge in [-0.1, -0.05) is 36.4 Å². The monoisotopic (exact) mass is 287 g/mol. The maximum absolute atomic E-state index is 9.45. The van der Waals surface area contributed by atoms with Crippen LogP contribution in [0.5, 0.6) is 11.6 Å². The van der Waals surface area contributed by atoms with Crippen molar-refractivity contribution in [2.75, 3.05) is 5.32 Å². The highest BCUT2D eigenvalue weighted by molar-refractivity contribution is 5.68. The van der Waals surface area contributed by atoms with E-state index >= 15 is 0 Å². The van der Waals surface area contributed by atoms with Gasteiger partial charge >= 0.3 is 0 Å². The Hall–Kier alpha value is -3.32. The minimum absolute atomic E-state index is 0.287. The minimum atomic E-state index is 0.287. The number of nitrogens with one attached hydrogen (secondary N) is 1. The average molecular weight is 287 g/mol. The van der Waals surface area contributed by atoms with Crippen LogP contribution < -0.4 is 10.1 Å². The number of nitrogens with zero attached hydrogens (tertiary/aromatic N) is 2. The van der Waals surface area contributed by atoms with E-state index in [9.17, 15) is 5.26 Å². The fourth-order valence-corrected chi connectivity index (χ4v) is 2.01. The average Bonchev–Trinajstić information content (AvgIpc) is 2.57. The van der Waals surface area contributed by atoms with Gasteiger partial charge in [0, 0.05) is 11.9 Å². The SMILES string of the molecule is N#Cc1c(Nc2ccccc2)ccnc1Oc1ccccc1. The molecule has 3 rings (SSSR count). The largest absolute Gasteiger partial charge is 0.438 e. The lowest BCUT2D eigenvalue weighted by molar-refractivity contribution is 0.461. The highest BCUT2D eigenvalue weighted by Crippen LogP contribution is 2.29. The van der Waals surface area contributed by atoms with E-state index in [1.807, 2.05) is 60.7 Å². The van der Waals surface area contributed by atoms with Crippen LogP contribution in [-0.4, -0.2) is 4.98 Å². The third kappa shape index (κ3) is 3.05. The first-order valence-electron chi connectivity index (χ1n) is 6.81. The molecule has 0 amide bonds. The number of anilines is 2. The Labute approximate surface area is 128 Å². The summed E-state index contributed by atoms with van der Waals surface area (Å²) < 4.78 is 5.71. The van der Waals surface area contributed by atoms with Crippen molar-refractivity contribution in [2.45, 2.75) is 0 Å². The van der Waals surface area contributed by atoms with Gasteiger partial charge in [-0.25, -0.2) is 4.98 Å². The Morgan fingerprint density at radius 2 is 1.59 bits per heavy atom. The number of benzene rings is 2. The Morgan fingerprint density at radius 3 is 2.27 bits per heavy atom. The molecule has 3 aromatic rings. The summed E-state index contributed by atoms with van der Waals surface area (Å²) in [7, 11) is 0. The Bertz CT molecular complexity index is 736. The summed E-state index contributed by atoms with van der Waals surface area (Å²) in [4.78, 5) is 4.16.